The van der Waals surface area contributed by atoms with E-state index >= 15 is 0 Å². The highest BCUT2D eigenvalue weighted by molar-refractivity contribution is 7.12. The molecule has 2 heterocycles. The SMILES string of the molecule is CCOc1ccsc1C(=O)N1CCOC(COc2c(F)cc(C(=O)CC)cc2F)C1. The number of rotatable bonds is 8. The summed E-state index contributed by atoms with van der Waals surface area (Å²) >= 11 is 1.30. The van der Waals surface area contributed by atoms with Crippen molar-refractivity contribution in [2.75, 3.05) is 32.9 Å². The normalized spacial score (nSPS) is 16.4. The quantitative estimate of drug-likeness (QED) is 0.583. The molecule has 0 bridgehead atoms. The first-order valence-electron chi connectivity index (χ1n) is 9.70. The molecule has 1 saturated heterocycles. The highest BCUT2D eigenvalue weighted by Crippen LogP contribution is 2.28. The summed E-state index contributed by atoms with van der Waals surface area (Å²) in [5, 5.41) is 1.79. The van der Waals surface area contributed by atoms with Crippen molar-refractivity contribution in [3.63, 3.8) is 0 Å². The maximum atomic E-state index is 14.2. The summed E-state index contributed by atoms with van der Waals surface area (Å²) in [6.07, 6.45) is -0.400. The van der Waals surface area contributed by atoms with E-state index in [0.29, 0.717) is 23.8 Å². The summed E-state index contributed by atoms with van der Waals surface area (Å²) in [5.41, 5.74) is -0.0356. The summed E-state index contributed by atoms with van der Waals surface area (Å²) in [4.78, 5) is 26.6. The van der Waals surface area contributed by atoms with Crippen molar-refractivity contribution in [2.24, 2.45) is 0 Å². The molecule has 30 heavy (non-hydrogen) atoms. The minimum absolute atomic E-state index is 0.0356. The van der Waals surface area contributed by atoms with Gasteiger partial charge in [-0.1, -0.05) is 6.92 Å². The first kappa shape index (κ1) is 22.2. The maximum absolute atomic E-state index is 14.2. The third-order valence-electron chi connectivity index (χ3n) is 4.60. The van der Waals surface area contributed by atoms with Crippen molar-refractivity contribution < 1.29 is 32.6 Å². The zero-order chi connectivity index (χ0) is 21.7. The Labute approximate surface area is 177 Å². The fraction of sp³-hybridized carbons (Fsp3) is 0.429. The molecular weight excluding hydrogens is 416 g/mol. The number of morpholine rings is 1. The second kappa shape index (κ2) is 9.99. The van der Waals surface area contributed by atoms with Crippen LogP contribution in [0, 0.1) is 11.6 Å². The first-order chi connectivity index (χ1) is 14.4. The highest BCUT2D eigenvalue weighted by atomic mass is 32.1. The molecule has 1 atom stereocenters. The van der Waals surface area contributed by atoms with Crippen LogP contribution in [0.3, 0.4) is 0 Å². The molecule has 9 heteroatoms. The van der Waals surface area contributed by atoms with Crippen molar-refractivity contribution in [3.05, 3.63) is 45.7 Å². The molecule has 1 unspecified atom stereocenters. The molecule has 1 aliphatic heterocycles. The number of benzene rings is 1. The molecule has 6 nitrogen and oxygen atoms in total. The van der Waals surface area contributed by atoms with E-state index in [1.807, 2.05) is 6.92 Å². The Bertz CT molecular complexity index is 894. The lowest BCUT2D eigenvalue weighted by Crippen LogP contribution is -2.47. The smallest absolute Gasteiger partial charge is 0.267 e. The Kier molecular flexibility index (Phi) is 7.38. The molecule has 1 amide bonds. The molecule has 0 radical (unpaired) electrons. The van der Waals surface area contributed by atoms with Crippen LogP contribution in [0.4, 0.5) is 8.78 Å². The van der Waals surface area contributed by atoms with Crippen molar-refractivity contribution in [1.82, 2.24) is 4.90 Å². The van der Waals surface area contributed by atoms with E-state index in [4.69, 9.17) is 14.2 Å². The van der Waals surface area contributed by atoms with Gasteiger partial charge in [0.25, 0.3) is 5.91 Å². The van der Waals surface area contributed by atoms with Gasteiger partial charge in [0.2, 0.25) is 0 Å². The van der Waals surface area contributed by atoms with E-state index in [-0.39, 0.29) is 43.4 Å². The lowest BCUT2D eigenvalue weighted by molar-refractivity contribution is -0.0410. The molecular formula is C21H23F2NO5S. The summed E-state index contributed by atoms with van der Waals surface area (Å²) in [6.45, 7) is 4.68. The number of ether oxygens (including phenoxy) is 3. The number of thiophene rings is 1. The van der Waals surface area contributed by atoms with Gasteiger partial charge in [-0.05, 0) is 30.5 Å². The molecule has 0 saturated carbocycles. The number of Topliss-reactive ketones (excluding diaryl/α,β-unsaturated/α-hetero) is 1. The third kappa shape index (κ3) is 4.96. The zero-order valence-corrected chi connectivity index (χ0v) is 17.6. The lowest BCUT2D eigenvalue weighted by Gasteiger charge is -2.32. The number of carbonyl (C=O) groups excluding carboxylic acids is 2. The van der Waals surface area contributed by atoms with Crippen LogP contribution in [0.2, 0.25) is 0 Å². The summed E-state index contributed by atoms with van der Waals surface area (Å²) in [7, 11) is 0. The van der Waals surface area contributed by atoms with Crippen LogP contribution < -0.4 is 9.47 Å². The molecule has 1 fully saturated rings. The zero-order valence-electron chi connectivity index (χ0n) is 16.8. The number of nitrogens with zero attached hydrogens (tertiary/aromatic N) is 1. The van der Waals surface area contributed by atoms with Crippen LogP contribution in [-0.2, 0) is 4.74 Å². The summed E-state index contributed by atoms with van der Waals surface area (Å²) in [5.74, 6) is -2.46. The average molecular weight is 439 g/mol. The number of carbonyl (C=O) groups is 2. The van der Waals surface area contributed by atoms with Gasteiger partial charge in [-0.25, -0.2) is 8.78 Å². The molecule has 2 aromatic rings. The van der Waals surface area contributed by atoms with Crippen LogP contribution in [-0.4, -0.2) is 55.6 Å². The summed E-state index contributed by atoms with van der Waals surface area (Å²) in [6, 6.07) is 3.68. The Morgan fingerprint density at radius 1 is 1.23 bits per heavy atom. The van der Waals surface area contributed by atoms with Gasteiger partial charge in [-0.3, -0.25) is 9.59 Å². The minimum atomic E-state index is -0.949. The molecule has 3 rings (SSSR count). The Balaban J connectivity index is 1.64. The van der Waals surface area contributed by atoms with Crippen molar-refractivity contribution in [1.29, 1.82) is 0 Å². The van der Waals surface area contributed by atoms with E-state index in [1.54, 1.807) is 23.3 Å². The van der Waals surface area contributed by atoms with Gasteiger partial charge in [0.1, 0.15) is 23.3 Å². The van der Waals surface area contributed by atoms with Gasteiger partial charge in [-0.2, -0.15) is 0 Å². The molecule has 1 aromatic heterocycles. The number of hydrogen-bond acceptors (Lipinski definition) is 6. The van der Waals surface area contributed by atoms with Crippen molar-refractivity contribution >= 4 is 23.0 Å². The third-order valence-corrected chi connectivity index (χ3v) is 5.49. The van der Waals surface area contributed by atoms with Crippen LogP contribution in [0.1, 0.15) is 40.3 Å². The van der Waals surface area contributed by atoms with E-state index in [1.165, 1.54) is 11.3 Å². The largest absolute Gasteiger partial charge is 0.492 e. The van der Waals surface area contributed by atoms with E-state index in [9.17, 15) is 18.4 Å². The van der Waals surface area contributed by atoms with Gasteiger partial charge in [0, 0.05) is 18.5 Å². The lowest BCUT2D eigenvalue weighted by atomic mass is 10.1. The molecule has 0 N–H and O–H groups in total. The van der Waals surface area contributed by atoms with Crippen molar-refractivity contribution in [2.45, 2.75) is 26.4 Å². The first-order valence-corrected chi connectivity index (χ1v) is 10.6. The van der Waals surface area contributed by atoms with Crippen LogP contribution in [0.15, 0.2) is 23.6 Å². The van der Waals surface area contributed by atoms with Gasteiger partial charge in [0.05, 0.1) is 19.8 Å². The Hall–Kier alpha value is -2.52. The fourth-order valence-electron chi connectivity index (χ4n) is 3.11. The molecule has 0 spiro atoms. The molecule has 162 valence electrons. The van der Waals surface area contributed by atoms with Gasteiger partial charge in [-0.15, -0.1) is 11.3 Å². The van der Waals surface area contributed by atoms with E-state index in [0.717, 1.165) is 12.1 Å². The van der Waals surface area contributed by atoms with Gasteiger partial charge in [0.15, 0.2) is 23.2 Å². The number of ketones is 1. The number of halogens is 2. The molecule has 1 aliphatic rings. The van der Waals surface area contributed by atoms with E-state index in [2.05, 4.69) is 0 Å². The van der Waals surface area contributed by atoms with Gasteiger partial charge < -0.3 is 19.1 Å². The van der Waals surface area contributed by atoms with Gasteiger partial charge >= 0.3 is 0 Å². The Morgan fingerprint density at radius 3 is 2.63 bits per heavy atom. The predicted octanol–water partition coefficient (Wildman–Crippen LogP) is 3.94. The average Bonchev–Trinajstić information content (AvgIpc) is 3.20. The summed E-state index contributed by atoms with van der Waals surface area (Å²) < 4.78 is 44.8. The predicted molar refractivity (Wildman–Crippen MR) is 108 cm³/mol. The van der Waals surface area contributed by atoms with Crippen LogP contribution in [0.25, 0.3) is 0 Å². The maximum Gasteiger partial charge on any atom is 0.267 e. The molecule has 0 aliphatic carbocycles. The number of hydrogen-bond donors (Lipinski definition) is 0. The van der Waals surface area contributed by atoms with Crippen LogP contribution >= 0.6 is 11.3 Å². The monoisotopic (exact) mass is 439 g/mol. The topological polar surface area (TPSA) is 65.1 Å². The number of amides is 1. The second-order valence-electron chi connectivity index (χ2n) is 6.65. The fourth-order valence-corrected chi connectivity index (χ4v) is 3.91. The molecule has 1 aromatic carbocycles. The standard InChI is InChI=1S/C21H23F2NO5S/c1-3-17(25)13-9-15(22)19(16(23)10-13)29-12-14-11-24(6-7-28-14)21(26)20-18(27-4-2)5-8-30-20/h5,8-10,14H,3-4,6-7,11-12H2,1-2H3. The van der Waals surface area contributed by atoms with E-state index < -0.39 is 23.5 Å². The second-order valence-corrected chi connectivity index (χ2v) is 7.56. The highest BCUT2D eigenvalue weighted by Gasteiger charge is 2.28. The van der Waals surface area contributed by atoms with Crippen molar-refractivity contribution in [3.8, 4) is 11.5 Å². The Morgan fingerprint density at radius 2 is 1.97 bits per heavy atom. The van der Waals surface area contributed by atoms with Crippen LogP contribution in [0.5, 0.6) is 11.5 Å². The minimum Gasteiger partial charge on any atom is -0.492 e.